The van der Waals surface area contributed by atoms with Crippen molar-refractivity contribution in [2.45, 2.75) is 33.1 Å². The zero-order chi connectivity index (χ0) is 21.3. The number of terminal acetylenes is 1. The molecule has 154 valence electrons. The summed E-state index contributed by atoms with van der Waals surface area (Å²) in [5.41, 5.74) is 8.43. The van der Waals surface area contributed by atoms with Crippen LogP contribution in [0.2, 0.25) is 0 Å². The Labute approximate surface area is 185 Å². The number of rotatable bonds is 0. The van der Waals surface area contributed by atoms with Crippen LogP contribution in [0.4, 0.5) is 0 Å². The molecule has 3 aromatic rings. The van der Waals surface area contributed by atoms with Gasteiger partial charge in [0.25, 0.3) is 0 Å². The van der Waals surface area contributed by atoms with Crippen LogP contribution >= 0.6 is 11.3 Å². The third-order valence-electron chi connectivity index (χ3n) is 5.35. The predicted molar refractivity (Wildman–Crippen MR) is 130 cm³/mol. The molecule has 0 radical (unpaired) electrons. The minimum absolute atomic E-state index is 1.07. The van der Waals surface area contributed by atoms with Gasteiger partial charge < -0.3 is 4.90 Å². The fourth-order valence-electron chi connectivity index (χ4n) is 3.98. The van der Waals surface area contributed by atoms with Gasteiger partial charge in [0.05, 0.1) is 5.69 Å². The van der Waals surface area contributed by atoms with Gasteiger partial charge >= 0.3 is 0 Å². The first kappa shape index (κ1) is 22.0. The highest BCUT2D eigenvalue weighted by Gasteiger charge is 2.24. The summed E-state index contributed by atoms with van der Waals surface area (Å²) in [7, 11) is 2.20. The molecule has 0 N–H and O–H groups in total. The Bertz CT molecular complexity index is 976. The first-order valence-corrected chi connectivity index (χ1v) is 11.3. The number of hydrogen-bond donors (Lipinski definition) is 0. The number of hydrogen-bond acceptors (Lipinski definition) is 3. The van der Waals surface area contributed by atoms with Gasteiger partial charge in [-0.1, -0.05) is 36.4 Å². The van der Waals surface area contributed by atoms with Crippen molar-refractivity contribution in [3.8, 4) is 12.3 Å². The van der Waals surface area contributed by atoms with E-state index in [1.165, 1.54) is 32.8 Å². The fourth-order valence-corrected chi connectivity index (χ4v) is 4.51. The van der Waals surface area contributed by atoms with Gasteiger partial charge in [-0.25, -0.2) is 0 Å². The molecule has 3 heteroatoms. The Kier molecular flexibility index (Phi) is 8.02. The van der Waals surface area contributed by atoms with Crippen LogP contribution in [0.5, 0.6) is 0 Å². The van der Waals surface area contributed by atoms with Crippen LogP contribution < -0.4 is 0 Å². The van der Waals surface area contributed by atoms with Gasteiger partial charge in [-0.15, -0.1) is 23.7 Å². The number of nitrogens with zero attached hydrogens (tertiary/aromatic N) is 2. The second-order valence-electron chi connectivity index (χ2n) is 7.65. The van der Waals surface area contributed by atoms with E-state index >= 15 is 0 Å². The Balaban J connectivity index is 0.000000239. The number of aryl methyl sites for hydroxylation is 3. The monoisotopic (exact) mass is 414 g/mol. The van der Waals surface area contributed by atoms with Crippen molar-refractivity contribution in [3.63, 3.8) is 0 Å². The van der Waals surface area contributed by atoms with E-state index in [1.54, 1.807) is 23.8 Å². The summed E-state index contributed by atoms with van der Waals surface area (Å²) in [4.78, 5) is 8.54. The maximum Gasteiger partial charge on any atom is 0.0740 e. The third-order valence-corrected chi connectivity index (χ3v) is 6.15. The van der Waals surface area contributed by atoms with Gasteiger partial charge in [0, 0.05) is 29.7 Å². The number of thiophene rings is 1. The topological polar surface area (TPSA) is 16.1 Å². The molecule has 0 spiro atoms. The lowest BCUT2D eigenvalue weighted by Gasteiger charge is -2.14. The molecule has 3 heterocycles. The van der Waals surface area contributed by atoms with Crippen molar-refractivity contribution in [1.29, 1.82) is 0 Å². The number of likely N-dealkylation sites (N-methyl/N-ethyl adjacent to an activating group) is 1. The molecular formula is C27H30N2S. The maximum absolute atomic E-state index is 4.75. The number of benzene rings is 1. The van der Waals surface area contributed by atoms with Crippen molar-refractivity contribution < 1.29 is 0 Å². The Morgan fingerprint density at radius 3 is 2.37 bits per heavy atom. The lowest BCUT2D eigenvalue weighted by molar-refractivity contribution is 0.425. The molecule has 1 saturated heterocycles. The number of aromatic nitrogens is 1. The average Bonchev–Trinajstić information content (AvgIpc) is 3.37. The molecule has 5 rings (SSSR count). The van der Waals surface area contributed by atoms with E-state index in [0.29, 0.717) is 0 Å². The van der Waals surface area contributed by atoms with Crippen molar-refractivity contribution in [1.82, 2.24) is 9.88 Å². The van der Waals surface area contributed by atoms with Gasteiger partial charge in [0.1, 0.15) is 0 Å². The van der Waals surface area contributed by atoms with Crippen LogP contribution in [0.25, 0.3) is 5.57 Å². The van der Waals surface area contributed by atoms with E-state index in [0.717, 1.165) is 32.4 Å². The SMILES string of the molecule is C#CC.CN1CC/C(=C2/c3ccccc3CCc3cccnc32)C1.Cc1cccs1. The molecule has 0 bridgehead atoms. The zero-order valence-corrected chi connectivity index (χ0v) is 19.0. The predicted octanol–water partition coefficient (Wildman–Crippen LogP) is 6.01. The third kappa shape index (κ3) is 5.48. The highest BCUT2D eigenvalue weighted by molar-refractivity contribution is 7.09. The van der Waals surface area contributed by atoms with E-state index in [1.807, 2.05) is 6.20 Å². The average molecular weight is 415 g/mol. The molecule has 0 amide bonds. The summed E-state index contributed by atoms with van der Waals surface area (Å²) in [6.45, 7) is 5.98. The van der Waals surface area contributed by atoms with Gasteiger partial charge in [-0.05, 0) is 79.9 Å². The second-order valence-corrected chi connectivity index (χ2v) is 8.80. The van der Waals surface area contributed by atoms with E-state index < -0.39 is 0 Å². The minimum atomic E-state index is 1.07. The zero-order valence-electron chi connectivity index (χ0n) is 18.2. The van der Waals surface area contributed by atoms with Crippen LogP contribution in [0, 0.1) is 19.3 Å². The molecule has 30 heavy (non-hydrogen) atoms. The van der Waals surface area contributed by atoms with E-state index in [9.17, 15) is 0 Å². The Morgan fingerprint density at radius 1 is 1.00 bits per heavy atom. The minimum Gasteiger partial charge on any atom is -0.302 e. The first-order chi connectivity index (χ1) is 14.6. The lowest BCUT2D eigenvalue weighted by Crippen LogP contribution is -2.12. The summed E-state index contributed by atoms with van der Waals surface area (Å²) in [6, 6.07) is 17.3. The highest BCUT2D eigenvalue weighted by Crippen LogP contribution is 2.36. The molecule has 2 aliphatic rings. The van der Waals surface area contributed by atoms with Crippen molar-refractivity contribution in [2.75, 3.05) is 20.1 Å². The van der Waals surface area contributed by atoms with Gasteiger partial charge in [-0.2, -0.15) is 0 Å². The van der Waals surface area contributed by atoms with E-state index in [4.69, 9.17) is 4.98 Å². The smallest absolute Gasteiger partial charge is 0.0740 e. The van der Waals surface area contributed by atoms with Crippen LogP contribution in [-0.2, 0) is 12.8 Å². The van der Waals surface area contributed by atoms with E-state index in [2.05, 4.69) is 85.1 Å². The van der Waals surface area contributed by atoms with Crippen LogP contribution in [0.1, 0.15) is 40.6 Å². The van der Waals surface area contributed by atoms with Crippen LogP contribution in [0.3, 0.4) is 0 Å². The molecular weight excluding hydrogens is 384 g/mol. The summed E-state index contributed by atoms with van der Waals surface area (Å²) in [6.07, 6.45) is 9.90. The molecule has 2 aromatic heterocycles. The molecule has 1 aliphatic carbocycles. The van der Waals surface area contributed by atoms with E-state index in [-0.39, 0.29) is 0 Å². The lowest BCUT2D eigenvalue weighted by atomic mass is 9.92. The first-order valence-electron chi connectivity index (χ1n) is 10.4. The van der Waals surface area contributed by atoms with Gasteiger partial charge in [-0.3, -0.25) is 4.98 Å². The van der Waals surface area contributed by atoms with Crippen LogP contribution in [-0.4, -0.2) is 30.0 Å². The Hall–Kier alpha value is -2.67. The van der Waals surface area contributed by atoms with Crippen LogP contribution in [0.15, 0.2) is 65.7 Å². The largest absolute Gasteiger partial charge is 0.302 e. The highest BCUT2D eigenvalue weighted by atomic mass is 32.1. The molecule has 0 atom stereocenters. The molecule has 2 nitrogen and oxygen atoms in total. The molecule has 1 fully saturated rings. The second kappa shape index (κ2) is 10.9. The number of pyridine rings is 1. The molecule has 0 unspecified atom stereocenters. The standard InChI is InChI=1S/C19H20N2.C5H6S.C3H4/c1-21-12-10-16(13-21)18-17-7-3-2-5-14(17)8-9-15-6-4-11-20-19(15)18;1-5-3-2-4-6-5;1-3-2/h2-7,11H,8-10,12-13H2,1H3;2-4H,1H3;1H,2H3/b18-16+;;. The normalized spacial score (nSPS) is 17.3. The maximum atomic E-state index is 4.75. The molecule has 1 aliphatic heterocycles. The van der Waals surface area contributed by atoms with Crippen molar-refractivity contribution >= 4 is 16.9 Å². The fraction of sp³-hybridized carbons (Fsp3) is 0.296. The summed E-state index contributed by atoms with van der Waals surface area (Å²) >= 11 is 1.78. The summed E-state index contributed by atoms with van der Waals surface area (Å²) in [5, 5.41) is 2.08. The molecule has 0 saturated carbocycles. The molecule has 1 aromatic carbocycles. The number of likely N-dealkylation sites (tertiary alicyclic amines) is 1. The number of fused-ring (bicyclic) bond motifs is 2. The summed E-state index contributed by atoms with van der Waals surface area (Å²) in [5.74, 6) is 2.25. The quantitative estimate of drug-likeness (QED) is 0.419. The van der Waals surface area contributed by atoms with Gasteiger partial charge in [0.2, 0.25) is 0 Å². The van der Waals surface area contributed by atoms with Crippen molar-refractivity contribution in [3.05, 3.63) is 92.9 Å². The Morgan fingerprint density at radius 2 is 1.73 bits per heavy atom. The van der Waals surface area contributed by atoms with Gasteiger partial charge in [0.15, 0.2) is 0 Å². The van der Waals surface area contributed by atoms with Crippen molar-refractivity contribution in [2.24, 2.45) is 0 Å². The summed E-state index contributed by atoms with van der Waals surface area (Å²) < 4.78 is 0.